The van der Waals surface area contributed by atoms with E-state index >= 15 is 0 Å². The first kappa shape index (κ1) is 13.1. The molecule has 0 saturated heterocycles. The summed E-state index contributed by atoms with van der Waals surface area (Å²) in [5.74, 6) is 0.487. The number of benzene rings is 1. The topological polar surface area (TPSA) is 29.1 Å². The number of anilines is 1. The van der Waals surface area contributed by atoms with Crippen LogP contribution in [0.5, 0.6) is 0 Å². The number of carbonyl (C=O) groups is 1. The molecule has 82 valence electrons. The fourth-order valence-electron chi connectivity index (χ4n) is 1.03. The molecule has 0 aliphatic heterocycles. The van der Waals surface area contributed by atoms with Gasteiger partial charge in [-0.2, -0.15) is 0 Å². The summed E-state index contributed by atoms with van der Waals surface area (Å²) in [5.41, 5.74) is 0.791. The number of alkyl halides is 1. The number of amides is 1. The molecular formula is C10H10Cl2INO. The van der Waals surface area contributed by atoms with Crippen molar-refractivity contribution in [3.8, 4) is 0 Å². The van der Waals surface area contributed by atoms with Crippen LogP contribution in [-0.4, -0.2) is 11.8 Å². The Kier molecular flexibility index (Phi) is 5.71. The van der Waals surface area contributed by atoms with Crippen molar-refractivity contribution < 1.29 is 4.79 Å². The standard InChI is InChI=1S/C10H10Cl2INO/c11-5-1-2-10(15)14-9-4-3-7(12)6-8(9)13/h3-4,6H,1-2,5H2,(H,14,15). The van der Waals surface area contributed by atoms with Gasteiger partial charge in [0.2, 0.25) is 5.91 Å². The molecule has 1 rings (SSSR count). The summed E-state index contributed by atoms with van der Waals surface area (Å²) in [6, 6.07) is 5.35. The van der Waals surface area contributed by atoms with Gasteiger partial charge in [0.1, 0.15) is 0 Å². The van der Waals surface area contributed by atoms with Crippen LogP contribution >= 0.6 is 45.8 Å². The van der Waals surface area contributed by atoms with Gasteiger partial charge in [-0.25, -0.2) is 0 Å². The van der Waals surface area contributed by atoms with Crippen molar-refractivity contribution in [1.82, 2.24) is 0 Å². The summed E-state index contributed by atoms with van der Waals surface area (Å²) in [6.45, 7) is 0. The highest BCUT2D eigenvalue weighted by atomic mass is 127. The molecule has 1 aromatic rings. The number of hydrogen-bond acceptors (Lipinski definition) is 1. The van der Waals surface area contributed by atoms with E-state index in [1.807, 2.05) is 0 Å². The van der Waals surface area contributed by atoms with Gasteiger partial charge in [0, 0.05) is 20.9 Å². The number of hydrogen-bond donors (Lipinski definition) is 1. The van der Waals surface area contributed by atoms with Gasteiger partial charge in [0.15, 0.2) is 0 Å². The molecular weight excluding hydrogens is 348 g/mol. The van der Waals surface area contributed by atoms with Crippen molar-refractivity contribution in [2.75, 3.05) is 11.2 Å². The fourth-order valence-corrected chi connectivity index (χ4v) is 2.17. The van der Waals surface area contributed by atoms with Gasteiger partial charge in [0.25, 0.3) is 0 Å². The lowest BCUT2D eigenvalue weighted by atomic mass is 10.3. The highest BCUT2D eigenvalue weighted by Crippen LogP contribution is 2.22. The maximum absolute atomic E-state index is 11.4. The SMILES string of the molecule is O=C(CCCCl)Nc1ccc(Cl)cc1I. The Morgan fingerprint density at radius 2 is 2.20 bits per heavy atom. The van der Waals surface area contributed by atoms with Crippen LogP contribution in [0.4, 0.5) is 5.69 Å². The van der Waals surface area contributed by atoms with Gasteiger partial charge in [-0.1, -0.05) is 11.6 Å². The van der Waals surface area contributed by atoms with Gasteiger partial charge in [-0.05, 0) is 47.2 Å². The smallest absolute Gasteiger partial charge is 0.224 e. The van der Waals surface area contributed by atoms with E-state index in [1.54, 1.807) is 18.2 Å². The lowest BCUT2D eigenvalue weighted by Crippen LogP contribution is -2.12. The average Bonchev–Trinajstić information content (AvgIpc) is 2.19. The molecule has 0 fully saturated rings. The fraction of sp³-hybridized carbons (Fsp3) is 0.300. The molecule has 2 nitrogen and oxygen atoms in total. The first-order chi connectivity index (χ1) is 7.13. The molecule has 1 aromatic carbocycles. The van der Waals surface area contributed by atoms with Gasteiger partial charge in [-0.3, -0.25) is 4.79 Å². The predicted octanol–water partition coefficient (Wildman–Crippen LogP) is 3.90. The van der Waals surface area contributed by atoms with Gasteiger partial charge >= 0.3 is 0 Å². The van der Waals surface area contributed by atoms with Crippen LogP contribution in [0.3, 0.4) is 0 Å². The molecule has 0 radical (unpaired) electrons. The summed E-state index contributed by atoms with van der Waals surface area (Å²) in [4.78, 5) is 11.4. The summed E-state index contributed by atoms with van der Waals surface area (Å²) in [5, 5.41) is 3.47. The van der Waals surface area contributed by atoms with E-state index in [-0.39, 0.29) is 5.91 Å². The lowest BCUT2D eigenvalue weighted by Gasteiger charge is -2.06. The molecule has 0 spiro atoms. The van der Waals surface area contributed by atoms with Crippen molar-refractivity contribution in [3.63, 3.8) is 0 Å². The molecule has 5 heteroatoms. The Morgan fingerprint density at radius 1 is 1.47 bits per heavy atom. The molecule has 1 amide bonds. The van der Waals surface area contributed by atoms with Gasteiger partial charge in [-0.15, -0.1) is 11.6 Å². The molecule has 0 aliphatic rings. The summed E-state index contributed by atoms with van der Waals surface area (Å²) in [6.07, 6.45) is 1.14. The Morgan fingerprint density at radius 3 is 2.80 bits per heavy atom. The highest BCUT2D eigenvalue weighted by molar-refractivity contribution is 14.1. The van der Waals surface area contributed by atoms with Crippen LogP contribution in [0, 0.1) is 3.57 Å². The molecule has 0 unspecified atom stereocenters. The maximum Gasteiger partial charge on any atom is 0.224 e. The van der Waals surface area contributed by atoms with Gasteiger partial charge in [0.05, 0.1) is 5.69 Å². The summed E-state index contributed by atoms with van der Waals surface area (Å²) < 4.78 is 0.930. The van der Waals surface area contributed by atoms with E-state index in [0.29, 0.717) is 23.7 Å². The number of carbonyl (C=O) groups excluding carboxylic acids is 1. The third kappa shape index (κ3) is 4.57. The summed E-state index contributed by atoms with van der Waals surface area (Å²) in [7, 11) is 0. The highest BCUT2D eigenvalue weighted by Gasteiger charge is 2.05. The molecule has 0 saturated carbocycles. The van der Waals surface area contributed by atoms with Crippen molar-refractivity contribution >= 4 is 57.4 Å². The van der Waals surface area contributed by atoms with Crippen molar-refractivity contribution in [2.45, 2.75) is 12.8 Å². The minimum absolute atomic E-state index is 0.0177. The molecule has 0 atom stereocenters. The largest absolute Gasteiger partial charge is 0.325 e. The van der Waals surface area contributed by atoms with Crippen LogP contribution in [0.15, 0.2) is 18.2 Å². The first-order valence-corrected chi connectivity index (χ1v) is 6.43. The molecule has 0 aromatic heterocycles. The van der Waals surface area contributed by atoms with Crippen molar-refractivity contribution in [1.29, 1.82) is 0 Å². The Hall–Kier alpha value is -0.000000000000000111. The third-order valence-electron chi connectivity index (χ3n) is 1.74. The monoisotopic (exact) mass is 357 g/mol. The zero-order valence-electron chi connectivity index (χ0n) is 7.90. The second-order valence-electron chi connectivity index (χ2n) is 2.96. The quantitative estimate of drug-likeness (QED) is 0.642. The minimum Gasteiger partial charge on any atom is -0.325 e. The van der Waals surface area contributed by atoms with Gasteiger partial charge < -0.3 is 5.32 Å². The Bertz CT molecular complexity index is 357. The van der Waals surface area contributed by atoms with E-state index in [1.165, 1.54) is 0 Å². The minimum atomic E-state index is -0.0177. The van der Waals surface area contributed by atoms with E-state index in [4.69, 9.17) is 23.2 Å². The lowest BCUT2D eigenvalue weighted by molar-refractivity contribution is -0.116. The van der Waals surface area contributed by atoms with E-state index < -0.39 is 0 Å². The van der Waals surface area contributed by atoms with E-state index in [0.717, 1.165) is 9.26 Å². The second-order valence-corrected chi connectivity index (χ2v) is 4.94. The maximum atomic E-state index is 11.4. The Balaban J connectivity index is 2.60. The van der Waals surface area contributed by atoms with Crippen LogP contribution in [0.2, 0.25) is 5.02 Å². The number of nitrogens with one attached hydrogen (secondary N) is 1. The molecule has 0 heterocycles. The van der Waals surface area contributed by atoms with E-state index in [2.05, 4.69) is 27.9 Å². The number of halogens is 3. The molecule has 15 heavy (non-hydrogen) atoms. The van der Waals surface area contributed by atoms with E-state index in [9.17, 15) is 4.79 Å². The zero-order valence-corrected chi connectivity index (χ0v) is 11.6. The Labute approximate surface area is 112 Å². The third-order valence-corrected chi connectivity index (χ3v) is 3.14. The molecule has 1 N–H and O–H groups in total. The molecule has 0 aliphatic carbocycles. The van der Waals surface area contributed by atoms with Crippen molar-refractivity contribution in [3.05, 3.63) is 26.8 Å². The van der Waals surface area contributed by atoms with Crippen LogP contribution in [0.1, 0.15) is 12.8 Å². The number of rotatable bonds is 4. The second kappa shape index (κ2) is 6.55. The summed E-state index contributed by atoms with van der Waals surface area (Å²) >= 11 is 13.4. The van der Waals surface area contributed by atoms with Crippen LogP contribution < -0.4 is 5.32 Å². The van der Waals surface area contributed by atoms with Crippen molar-refractivity contribution in [2.24, 2.45) is 0 Å². The normalized spacial score (nSPS) is 10.1. The zero-order chi connectivity index (χ0) is 11.3. The average molecular weight is 358 g/mol. The first-order valence-electron chi connectivity index (χ1n) is 4.44. The predicted molar refractivity (Wildman–Crippen MR) is 72.8 cm³/mol. The van der Waals surface area contributed by atoms with Crippen LogP contribution in [0.25, 0.3) is 0 Å². The van der Waals surface area contributed by atoms with Crippen LogP contribution in [-0.2, 0) is 4.79 Å². The molecule has 0 bridgehead atoms.